The number of ether oxygens (including phenoxy) is 3. The van der Waals surface area contributed by atoms with E-state index in [1.54, 1.807) is 73.3 Å². The molecule has 1 heterocycles. The number of anilines is 2. The molecule has 12 nitrogen and oxygen atoms in total. The Balaban J connectivity index is 1.85. The van der Waals surface area contributed by atoms with E-state index in [2.05, 4.69) is 10.6 Å². The number of benzene rings is 2. The van der Waals surface area contributed by atoms with Gasteiger partial charge in [-0.15, -0.1) is 0 Å². The lowest BCUT2D eigenvalue weighted by Crippen LogP contribution is -2.48. The van der Waals surface area contributed by atoms with Crippen LogP contribution < -0.4 is 20.1 Å². The summed E-state index contributed by atoms with van der Waals surface area (Å²) in [6.07, 6.45) is 2.93. The summed E-state index contributed by atoms with van der Waals surface area (Å²) >= 11 is 0. The normalized spacial score (nSPS) is 19.8. The molecule has 266 valence electrons. The molecule has 4 amide bonds. The van der Waals surface area contributed by atoms with Gasteiger partial charge >= 0.3 is 6.03 Å². The molecule has 0 saturated carbocycles. The van der Waals surface area contributed by atoms with E-state index in [4.69, 9.17) is 14.2 Å². The van der Waals surface area contributed by atoms with E-state index in [1.165, 1.54) is 0 Å². The van der Waals surface area contributed by atoms with Crippen LogP contribution in [0, 0.1) is 5.92 Å². The second-order valence-electron chi connectivity index (χ2n) is 13.0. The summed E-state index contributed by atoms with van der Waals surface area (Å²) in [4.78, 5) is 45.4. The van der Waals surface area contributed by atoms with Gasteiger partial charge in [0.25, 0.3) is 5.91 Å². The zero-order valence-corrected chi connectivity index (χ0v) is 29.7. The number of aliphatic hydroxyl groups is 1. The molecule has 0 fully saturated rings. The predicted octanol–water partition coefficient (Wildman–Crippen LogP) is 4.93. The summed E-state index contributed by atoms with van der Waals surface area (Å²) in [7, 11) is 7.23. The van der Waals surface area contributed by atoms with Gasteiger partial charge in [0.15, 0.2) is 0 Å². The van der Waals surface area contributed by atoms with Gasteiger partial charge in [-0.25, -0.2) is 4.79 Å². The fourth-order valence-corrected chi connectivity index (χ4v) is 5.49. The number of carbonyl (C=O) groups is 3. The first-order valence-corrected chi connectivity index (χ1v) is 16.9. The Labute approximate surface area is 285 Å². The van der Waals surface area contributed by atoms with Crippen molar-refractivity contribution in [3.05, 3.63) is 48.0 Å². The van der Waals surface area contributed by atoms with Crippen molar-refractivity contribution in [3.63, 3.8) is 0 Å². The zero-order valence-electron chi connectivity index (χ0n) is 29.7. The molecule has 0 unspecified atom stereocenters. The Morgan fingerprint density at radius 2 is 1.77 bits per heavy atom. The van der Waals surface area contributed by atoms with E-state index >= 15 is 0 Å². The van der Waals surface area contributed by atoms with Crippen molar-refractivity contribution >= 4 is 29.2 Å². The van der Waals surface area contributed by atoms with E-state index in [0.717, 1.165) is 25.8 Å². The molecular weight excluding hydrogens is 614 g/mol. The van der Waals surface area contributed by atoms with Gasteiger partial charge in [0, 0.05) is 50.5 Å². The van der Waals surface area contributed by atoms with Crippen LogP contribution in [0.2, 0.25) is 0 Å². The summed E-state index contributed by atoms with van der Waals surface area (Å²) in [5.41, 5.74) is 1.45. The quantitative estimate of drug-likeness (QED) is 0.307. The predicted molar refractivity (Wildman–Crippen MR) is 188 cm³/mol. The Bertz CT molecular complexity index is 1320. The van der Waals surface area contributed by atoms with E-state index in [9.17, 15) is 19.5 Å². The number of amides is 4. The van der Waals surface area contributed by atoms with Gasteiger partial charge in [0.05, 0.1) is 37.5 Å². The number of nitrogens with one attached hydrogen (secondary N) is 2. The van der Waals surface area contributed by atoms with Gasteiger partial charge in [-0.2, -0.15) is 0 Å². The number of rotatable bonds is 11. The van der Waals surface area contributed by atoms with Crippen molar-refractivity contribution in [1.82, 2.24) is 14.7 Å². The number of fused-ring (bicyclic) bond motifs is 1. The van der Waals surface area contributed by atoms with Gasteiger partial charge in [-0.1, -0.05) is 6.92 Å². The Kier molecular flexibility index (Phi) is 15.4. The van der Waals surface area contributed by atoms with E-state index in [-0.39, 0.29) is 49.1 Å². The Morgan fingerprint density at radius 1 is 1.06 bits per heavy atom. The Morgan fingerprint density at radius 3 is 2.44 bits per heavy atom. The van der Waals surface area contributed by atoms with Crippen LogP contribution in [0.5, 0.6) is 11.5 Å². The lowest BCUT2D eigenvalue weighted by atomic mass is 10.0. The van der Waals surface area contributed by atoms with Crippen LogP contribution in [0.3, 0.4) is 0 Å². The zero-order chi connectivity index (χ0) is 35.2. The van der Waals surface area contributed by atoms with E-state index < -0.39 is 6.04 Å². The third-order valence-electron chi connectivity index (χ3n) is 8.49. The van der Waals surface area contributed by atoms with Crippen LogP contribution in [0.4, 0.5) is 16.2 Å². The first kappa shape index (κ1) is 38.6. The molecular formula is C36H55N5O7. The minimum atomic E-state index is -0.515. The maximum atomic E-state index is 14.3. The van der Waals surface area contributed by atoms with Crippen LogP contribution in [-0.2, 0) is 9.53 Å². The molecule has 4 atom stereocenters. The lowest BCUT2D eigenvalue weighted by Gasteiger charge is -2.35. The molecule has 0 radical (unpaired) electrons. The van der Waals surface area contributed by atoms with Gasteiger partial charge in [-0.3, -0.25) is 9.59 Å². The van der Waals surface area contributed by atoms with E-state index in [1.807, 2.05) is 32.8 Å². The minimum absolute atomic E-state index is 0.131. The largest absolute Gasteiger partial charge is 0.497 e. The molecule has 3 N–H and O–H groups in total. The maximum absolute atomic E-state index is 14.3. The molecule has 1 aliphatic heterocycles. The number of urea groups is 1. The van der Waals surface area contributed by atoms with Crippen LogP contribution in [0.25, 0.3) is 0 Å². The molecule has 1 aliphatic rings. The van der Waals surface area contributed by atoms with Gasteiger partial charge < -0.3 is 44.7 Å². The Hall–Kier alpha value is -3.87. The summed E-state index contributed by atoms with van der Waals surface area (Å²) in [6, 6.07) is 11.4. The average molecular weight is 670 g/mol. The molecule has 48 heavy (non-hydrogen) atoms. The molecule has 3 rings (SSSR count). The molecule has 2 aromatic carbocycles. The number of nitrogens with zero attached hydrogens (tertiary/aromatic N) is 3. The fraction of sp³-hybridized carbons (Fsp3) is 0.583. The van der Waals surface area contributed by atoms with Crippen molar-refractivity contribution < 1.29 is 33.7 Å². The van der Waals surface area contributed by atoms with Gasteiger partial charge in [0.1, 0.15) is 11.5 Å². The highest BCUT2D eigenvalue weighted by Gasteiger charge is 2.31. The van der Waals surface area contributed by atoms with Crippen molar-refractivity contribution in [2.24, 2.45) is 5.92 Å². The molecule has 0 bridgehead atoms. The minimum Gasteiger partial charge on any atom is -0.497 e. The number of hydrogen-bond acceptors (Lipinski definition) is 8. The van der Waals surface area contributed by atoms with Crippen LogP contribution in [-0.4, -0.2) is 117 Å². The average Bonchev–Trinajstić information content (AvgIpc) is 3.06. The van der Waals surface area contributed by atoms with Crippen LogP contribution >= 0.6 is 0 Å². The second-order valence-corrected chi connectivity index (χ2v) is 13.0. The molecule has 0 aliphatic carbocycles. The van der Waals surface area contributed by atoms with Crippen molar-refractivity contribution in [2.45, 2.75) is 71.1 Å². The monoisotopic (exact) mass is 669 g/mol. The standard InChI is InChI=1S/C36H55N5O7/c1-25-22-41(26(2)24-42)35(44)31-21-29(37-34(43)12-10-19-39(4)5)15-18-32(31)48-27(3)11-8-9-20-47-33(25)23-40(6)36(45)38-28-13-16-30(46-7)17-14-28/h13-18,21,25-27,33,42H,8-12,19-20,22-24H2,1-7H3,(H,37,43)(H,38,45)/t25-,26+,27-,33-/m0/s1. The highest BCUT2D eigenvalue weighted by molar-refractivity contribution is 5.99. The molecule has 12 heteroatoms. The first-order valence-electron chi connectivity index (χ1n) is 16.9. The molecule has 0 aromatic heterocycles. The number of likely N-dealkylation sites (N-methyl/N-ethyl adjacent to an activating group) is 1. The summed E-state index contributed by atoms with van der Waals surface area (Å²) in [5, 5.41) is 16.1. The highest BCUT2D eigenvalue weighted by atomic mass is 16.5. The third-order valence-corrected chi connectivity index (χ3v) is 8.49. The summed E-state index contributed by atoms with van der Waals surface area (Å²) < 4.78 is 17.9. The SMILES string of the molecule is COc1ccc(NC(=O)N(C)C[C@@H]2OCCCC[C@H](C)Oc3ccc(NC(=O)CCCN(C)C)cc3C(=O)N([C@H](C)CO)C[C@@H]2C)cc1. The third kappa shape index (κ3) is 12.0. The molecule has 2 aromatic rings. The maximum Gasteiger partial charge on any atom is 0.321 e. The van der Waals surface area contributed by atoms with Gasteiger partial charge in [0.2, 0.25) is 5.91 Å². The van der Waals surface area contributed by atoms with Crippen molar-refractivity contribution in [2.75, 3.05) is 71.7 Å². The smallest absolute Gasteiger partial charge is 0.321 e. The van der Waals surface area contributed by atoms with Crippen LogP contribution in [0.15, 0.2) is 42.5 Å². The number of methoxy groups -OCH3 is 1. The van der Waals surface area contributed by atoms with Crippen LogP contribution in [0.1, 0.15) is 63.2 Å². The summed E-state index contributed by atoms with van der Waals surface area (Å²) in [5.74, 6) is 0.467. The fourth-order valence-electron chi connectivity index (χ4n) is 5.49. The topological polar surface area (TPSA) is 133 Å². The van der Waals surface area contributed by atoms with Crippen molar-refractivity contribution in [1.29, 1.82) is 0 Å². The van der Waals surface area contributed by atoms with Gasteiger partial charge in [-0.05, 0) is 103 Å². The molecule has 0 spiro atoms. The van der Waals surface area contributed by atoms with E-state index in [0.29, 0.717) is 54.4 Å². The number of aliphatic hydroxyl groups excluding tert-OH is 1. The lowest BCUT2D eigenvalue weighted by molar-refractivity contribution is -0.116. The molecule has 0 saturated heterocycles. The second kappa shape index (κ2) is 19.2. The number of carbonyl (C=O) groups excluding carboxylic acids is 3. The highest BCUT2D eigenvalue weighted by Crippen LogP contribution is 2.29. The summed E-state index contributed by atoms with van der Waals surface area (Å²) in [6.45, 7) is 7.33. The first-order chi connectivity index (χ1) is 22.9. The number of hydrogen-bond donors (Lipinski definition) is 3. The van der Waals surface area contributed by atoms with Crippen molar-refractivity contribution in [3.8, 4) is 11.5 Å².